The van der Waals surface area contributed by atoms with E-state index in [1.807, 2.05) is 18.2 Å². The van der Waals surface area contributed by atoms with Crippen LogP contribution in [0.5, 0.6) is 0 Å². The van der Waals surface area contributed by atoms with Gasteiger partial charge in [0.25, 0.3) is 0 Å². The van der Waals surface area contributed by atoms with Crippen molar-refractivity contribution in [2.45, 2.75) is 12.5 Å². The van der Waals surface area contributed by atoms with Gasteiger partial charge in [-0.25, -0.2) is 0 Å². The van der Waals surface area contributed by atoms with Gasteiger partial charge in [0.1, 0.15) is 0 Å². The van der Waals surface area contributed by atoms with Gasteiger partial charge >= 0.3 is 0 Å². The van der Waals surface area contributed by atoms with Gasteiger partial charge in [-0.3, -0.25) is 0 Å². The molecule has 0 heterocycles. The third-order valence-corrected chi connectivity index (χ3v) is 3.19. The second-order valence-corrected chi connectivity index (χ2v) is 4.46. The first-order chi connectivity index (χ1) is 6.16. The first-order valence-corrected chi connectivity index (χ1v) is 5.55. The Balaban J connectivity index is 2.98. The monoisotopic (exact) mass is 307 g/mol. The fourth-order valence-electron chi connectivity index (χ4n) is 1.15. The molecule has 0 unspecified atom stereocenters. The van der Waals surface area contributed by atoms with Gasteiger partial charge in [-0.05, 0) is 24.1 Å². The molecule has 0 aliphatic heterocycles. The number of hydrogen-bond acceptors (Lipinski definition) is 2. The van der Waals surface area contributed by atoms with Crippen LogP contribution >= 0.6 is 31.9 Å². The molecule has 0 saturated heterocycles. The van der Waals surface area contributed by atoms with Crippen molar-refractivity contribution in [2.24, 2.45) is 5.73 Å². The Morgan fingerprint density at radius 3 is 2.31 bits per heavy atom. The van der Waals surface area contributed by atoms with Crippen LogP contribution in [0.3, 0.4) is 0 Å². The summed E-state index contributed by atoms with van der Waals surface area (Å²) in [6.45, 7) is 0.106. The van der Waals surface area contributed by atoms with Crippen molar-refractivity contribution in [2.75, 3.05) is 6.61 Å². The van der Waals surface area contributed by atoms with E-state index in [4.69, 9.17) is 10.8 Å². The van der Waals surface area contributed by atoms with Gasteiger partial charge < -0.3 is 10.8 Å². The van der Waals surface area contributed by atoms with Gasteiger partial charge in [0.05, 0.1) is 0 Å². The van der Waals surface area contributed by atoms with Gasteiger partial charge in [-0.15, -0.1) is 0 Å². The smallest absolute Gasteiger partial charge is 0.0449 e. The summed E-state index contributed by atoms with van der Waals surface area (Å²) in [6.07, 6.45) is 0.571. The number of halogens is 2. The van der Waals surface area contributed by atoms with E-state index in [1.54, 1.807) is 0 Å². The molecule has 3 N–H and O–H groups in total. The van der Waals surface area contributed by atoms with E-state index < -0.39 is 0 Å². The third kappa shape index (κ3) is 2.77. The summed E-state index contributed by atoms with van der Waals surface area (Å²) in [5.41, 5.74) is 6.90. The summed E-state index contributed by atoms with van der Waals surface area (Å²) >= 11 is 6.85. The van der Waals surface area contributed by atoms with Crippen molar-refractivity contribution >= 4 is 31.9 Å². The molecule has 72 valence electrons. The summed E-state index contributed by atoms with van der Waals surface area (Å²) < 4.78 is 1.95. The zero-order chi connectivity index (χ0) is 9.84. The van der Waals surface area contributed by atoms with Crippen LogP contribution in [0.2, 0.25) is 0 Å². The Hall–Kier alpha value is 0.1000. The maximum absolute atomic E-state index is 8.77. The van der Waals surface area contributed by atoms with Crippen molar-refractivity contribution < 1.29 is 5.11 Å². The van der Waals surface area contributed by atoms with Crippen LogP contribution in [0.1, 0.15) is 18.0 Å². The van der Waals surface area contributed by atoms with Crippen LogP contribution in [0.4, 0.5) is 0 Å². The highest BCUT2D eigenvalue weighted by molar-refractivity contribution is 9.11. The van der Waals surface area contributed by atoms with Crippen molar-refractivity contribution in [1.29, 1.82) is 0 Å². The van der Waals surface area contributed by atoms with Crippen molar-refractivity contribution in [3.63, 3.8) is 0 Å². The van der Waals surface area contributed by atoms with Crippen LogP contribution < -0.4 is 5.73 Å². The maximum atomic E-state index is 8.77. The van der Waals surface area contributed by atoms with E-state index >= 15 is 0 Å². The van der Waals surface area contributed by atoms with Crippen LogP contribution in [-0.4, -0.2) is 11.7 Å². The first kappa shape index (κ1) is 11.2. The molecule has 13 heavy (non-hydrogen) atoms. The molecule has 0 radical (unpaired) electrons. The lowest BCUT2D eigenvalue weighted by Crippen LogP contribution is -2.13. The van der Waals surface area contributed by atoms with Crippen LogP contribution in [-0.2, 0) is 0 Å². The quantitative estimate of drug-likeness (QED) is 0.901. The van der Waals surface area contributed by atoms with E-state index in [0.717, 1.165) is 14.5 Å². The van der Waals surface area contributed by atoms with Crippen LogP contribution in [0.25, 0.3) is 0 Å². The summed E-state index contributed by atoms with van der Waals surface area (Å²) in [4.78, 5) is 0. The lowest BCUT2D eigenvalue weighted by Gasteiger charge is -2.14. The van der Waals surface area contributed by atoms with Crippen molar-refractivity contribution in [3.8, 4) is 0 Å². The molecule has 0 aromatic heterocycles. The predicted molar refractivity (Wildman–Crippen MR) is 60.5 cm³/mol. The first-order valence-electron chi connectivity index (χ1n) is 3.97. The molecule has 1 atom stereocenters. The highest BCUT2D eigenvalue weighted by Gasteiger charge is 2.12. The van der Waals surface area contributed by atoms with E-state index in [-0.39, 0.29) is 12.6 Å². The Kier molecular flexibility index (Phi) is 4.38. The molecule has 0 amide bonds. The second kappa shape index (κ2) is 5.10. The largest absolute Gasteiger partial charge is 0.396 e. The lowest BCUT2D eigenvalue weighted by atomic mass is 10.1. The zero-order valence-electron chi connectivity index (χ0n) is 7.00. The lowest BCUT2D eigenvalue weighted by molar-refractivity contribution is 0.276. The SMILES string of the molecule is N[C@@H](CCO)c1c(Br)cccc1Br. The Morgan fingerprint density at radius 1 is 1.31 bits per heavy atom. The second-order valence-electron chi connectivity index (χ2n) is 2.75. The molecule has 1 aromatic carbocycles. The third-order valence-electron chi connectivity index (χ3n) is 1.81. The van der Waals surface area contributed by atoms with E-state index in [1.165, 1.54) is 0 Å². The van der Waals surface area contributed by atoms with Crippen molar-refractivity contribution in [3.05, 3.63) is 32.7 Å². The Morgan fingerprint density at radius 2 is 1.85 bits per heavy atom. The molecule has 0 fully saturated rings. The average molecular weight is 309 g/mol. The number of benzene rings is 1. The molecule has 0 aliphatic carbocycles. The number of aliphatic hydroxyl groups is 1. The van der Waals surface area contributed by atoms with Gasteiger partial charge in [0.15, 0.2) is 0 Å². The van der Waals surface area contributed by atoms with Crippen LogP contribution in [0, 0.1) is 0 Å². The maximum Gasteiger partial charge on any atom is 0.0449 e. The van der Waals surface area contributed by atoms with Gasteiger partial charge in [0.2, 0.25) is 0 Å². The highest BCUT2D eigenvalue weighted by atomic mass is 79.9. The van der Waals surface area contributed by atoms with Gasteiger partial charge in [-0.2, -0.15) is 0 Å². The van der Waals surface area contributed by atoms with Gasteiger partial charge in [-0.1, -0.05) is 37.9 Å². The molecule has 0 saturated carbocycles. The van der Waals surface area contributed by atoms with E-state index in [0.29, 0.717) is 6.42 Å². The van der Waals surface area contributed by atoms with Crippen LogP contribution in [0.15, 0.2) is 27.1 Å². The van der Waals surface area contributed by atoms with E-state index in [2.05, 4.69) is 31.9 Å². The fraction of sp³-hybridized carbons (Fsp3) is 0.333. The van der Waals surface area contributed by atoms with Gasteiger partial charge in [0, 0.05) is 21.6 Å². The molecule has 0 spiro atoms. The molecular formula is C9H11Br2NO. The zero-order valence-corrected chi connectivity index (χ0v) is 10.2. The minimum absolute atomic E-state index is 0.106. The molecule has 2 nitrogen and oxygen atoms in total. The summed E-state index contributed by atoms with van der Waals surface area (Å²) in [6, 6.07) is 5.69. The Bertz CT molecular complexity index is 271. The topological polar surface area (TPSA) is 46.2 Å². The Labute approximate surface area is 94.4 Å². The van der Waals surface area contributed by atoms with Crippen molar-refractivity contribution in [1.82, 2.24) is 0 Å². The molecule has 4 heteroatoms. The average Bonchev–Trinajstić information content (AvgIpc) is 2.04. The fourth-order valence-corrected chi connectivity index (χ4v) is 2.73. The number of rotatable bonds is 3. The van der Waals surface area contributed by atoms with E-state index in [9.17, 15) is 0 Å². The normalized spacial score (nSPS) is 12.9. The summed E-state index contributed by atoms with van der Waals surface area (Å²) in [5, 5.41) is 8.77. The predicted octanol–water partition coefficient (Wildman–Crippen LogP) is 2.59. The molecular weight excluding hydrogens is 298 g/mol. The number of nitrogens with two attached hydrogens (primary N) is 1. The minimum atomic E-state index is -0.130. The number of hydrogen-bond donors (Lipinski definition) is 2. The standard InChI is InChI=1S/C9H11Br2NO/c10-6-2-1-3-7(11)9(6)8(12)4-5-13/h1-3,8,13H,4-5,12H2/t8-/m0/s1. The molecule has 1 rings (SSSR count). The molecule has 0 bridgehead atoms. The highest BCUT2D eigenvalue weighted by Crippen LogP contribution is 2.30. The molecule has 1 aromatic rings. The molecule has 0 aliphatic rings. The number of aliphatic hydroxyl groups excluding tert-OH is 1. The summed E-state index contributed by atoms with van der Waals surface area (Å²) in [5.74, 6) is 0. The minimum Gasteiger partial charge on any atom is -0.396 e. The summed E-state index contributed by atoms with van der Waals surface area (Å²) in [7, 11) is 0.